The molecule has 0 aliphatic rings. The van der Waals surface area contributed by atoms with Crippen molar-refractivity contribution in [1.82, 2.24) is 0 Å². The minimum atomic E-state index is -0.142. The van der Waals surface area contributed by atoms with Crippen molar-refractivity contribution in [2.75, 3.05) is 0 Å². The van der Waals surface area contributed by atoms with E-state index in [4.69, 9.17) is 0 Å². The summed E-state index contributed by atoms with van der Waals surface area (Å²) in [5, 5.41) is 0. The van der Waals surface area contributed by atoms with Crippen LogP contribution in [0.15, 0.2) is 37.5 Å². The summed E-state index contributed by atoms with van der Waals surface area (Å²) in [6, 6.07) is 0. The number of unbranched alkanes of at least 4 members (excludes halogenated alkanes) is 3. The Morgan fingerprint density at radius 3 is 2.50 bits per heavy atom. The van der Waals surface area contributed by atoms with Crippen molar-refractivity contribution < 1.29 is 4.79 Å². The Balaban J connectivity index is 3.65. The smallest absolute Gasteiger partial charge is 0.210 e. The Morgan fingerprint density at radius 2 is 1.78 bits per heavy atom. The molecule has 0 bridgehead atoms. The van der Waals surface area contributed by atoms with Crippen LogP contribution < -0.4 is 0 Å². The third kappa shape index (κ3) is 12.1. The molecule has 0 fully saturated rings. The predicted octanol–water partition coefficient (Wildman–Crippen LogP) is 3.83. The highest BCUT2D eigenvalue weighted by atomic mass is 16.1. The van der Waals surface area contributed by atoms with Crippen molar-refractivity contribution in [3.63, 3.8) is 0 Å². The molecule has 18 heavy (non-hydrogen) atoms. The number of rotatable bonds is 8. The molecule has 0 aromatic heterocycles. The van der Waals surface area contributed by atoms with E-state index in [1.807, 2.05) is 12.2 Å². The minimum absolute atomic E-state index is 0.142. The molecule has 0 rings (SSSR count). The van der Waals surface area contributed by atoms with Gasteiger partial charge in [0, 0.05) is 12.8 Å². The quantitative estimate of drug-likeness (QED) is 0.273. The topological polar surface area (TPSA) is 17.1 Å². The van der Waals surface area contributed by atoms with Gasteiger partial charge in [-0.2, -0.15) is 0 Å². The first kappa shape index (κ1) is 16.0. The summed E-state index contributed by atoms with van der Waals surface area (Å²) in [7, 11) is 0. The van der Waals surface area contributed by atoms with E-state index in [1.165, 1.54) is 12.8 Å². The van der Waals surface area contributed by atoms with Gasteiger partial charge in [-0.1, -0.05) is 30.2 Å². The molecule has 1 heteroatoms. The van der Waals surface area contributed by atoms with Crippen LogP contribution in [0, 0.1) is 23.7 Å². The summed E-state index contributed by atoms with van der Waals surface area (Å²) in [4.78, 5) is 11.0. The molecule has 0 radical (unpaired) electrons. The van der Waals surface area contributed by atoms with Gasteiger partial charge in [0.25, 0.3) is 0 Å². The summed E-state index contributed by atoms with van der Waals surface area (Å²) in [6.45, 7) is 7.15. The lowest BCUT2D eigenvalue weighted by atomic mass is 10.2. The Morgan fingerprint density at radius 1 is 1.00 bits per heavy atom. The minimum Gasteiger partial charge on any atom is -0.285 e. The van der Waals surface area contributed by atoms with Gasteiger partial charge in [0.05, 0.1) is 0 Å². The van der Waals surface area contributed by atoms with E-state index in [1.54, 1.807) is 6.08 Å². The predicted molar refractivity (Wildman–Crippen MR) is 77.8 cm³/mol. The number of ketones is 1. The number of hydrogen-bond acceptors (Lipinski definition) is 1. The number of allylic oxidation sites excluding steroid dienone is 4. The molecule has 0 atom stereocenters. The molecule has 0 aromatic rings. The van der Waals surface area contributed by atoms with Crippen molar-refractivity contribution in [2.24, 2.45) is 0 Å². The highest BCUT2D eigenvalue weighted by molar-refractivity contribution is 5.96. The maximum absolute atomic E-state index is 11.0. The fourth-order valence-electron chi connectivity index (χ4n) is 1.19. The summed E-state index contributed by atoms with van der Waals surface area (Å²) >= 11 is 0. The highest BCUT2D eigenvalue weighted by Crippen LogP contribution is 2.00. The Bertz CT molecular complexity index is 404. The summed E-state index contributed by atoms with van der Waals surface area (Å²) < 4.78 is 0. The molecule has 0 aromatic carbocycles. The molecular weight excluding hydrogens is 220 g/mol. The van der Waals surface area contributed by atoms with Crippen molar-refractivity contribution in [2.45, 2.75) is 38.5 Å². The van der Waals surface area contributed by atoms with Gasteiger partial charge in [-0.3, -0.25) is 4.79 Å². The van der Waals surface area contributed by atoms with Gasteiger partial charge >= 0.3 is 0 Å². The number of carbonyl (C=O) groups is 1. The standard InChI is InChI=1S/C17H20O/c1-3-5-6-7-8-9-10-11-12-13-14-16-17(18)15-4-2/h3-4,9-10H,1-2,5-8,11,15H2. The molecule has 0 aliphatic carbocycles. The summed E-state index contributed by atoms with van der Waals surface area (Å²) in [5.74, 6) is 10.4. The van der Waals surface area contributed by atoms with Gasteiger partial charge in [-0.05, 0) is 43.4 Å². The number of hydrogen-bond donors (Lipinski definition) is 0. The summed E-state index contributed by atoms with van der Waals surface area (Å²) in [6.07, 6.45) is 13.2. The van der Waals surface area contributed by atoms with Crippen LogP contribution in [-0.2, 0) is 4.79 Å². The zero-order valence-corrected chi connectivity index (χ0v) is 10.9. The van der Waals surface area contributed by atoms with E-state index in [0.717, 1.165) is 12.8 Å². The highest BCUT2D eigenvalue weighted by Gasteiger charge is 1.87. The van der Waals surface area contributed by atoms with E-state index in [2.05, 4.69) is 42.9 Å². The van der Waals surface area contributed by atoms with E-state index < -0.39 is 0 Å². The maximum atomic E-state index is 11.0. The Kier molecular flexibility index (Phi) is 11.6. The van der Waals surface area contributed by atoms with Gasteiger partial charge < -0.3 is 0 Å². The van der Waals surface area contributed by atoms with Gasteiger partial charge in [0.15, 0.2) is 0 Å². The second-order valence-electron chi connectivity index (χ2n) is 3.72. The van der Waals surface area contributed by atoms with Crippen LogP contribution in [-0.4, -0.2) is 5.78 Å². The van der Waals surface area contributed by atoms with Crippen molar-refractivity contribution in [1.29, 1.82) is 0 Å². The van der Waals surface area contributed by atoms with Crippen LogP contribution in [0.5, 0.6) is 0 Å². The van der Waals surface area contributed by atoms with Gasteiger partial charge in [0.1, 0.15) is 0 Å². The monoisotopic (exact) mass is 240 g/mol. The molecule has 0 unspecified atom stereocenters. The first-order valence-electron chi connectivity index (χ1n) is 6.19. The van der Waals surface area contributed by atoms with Gasteiger partial charge in [0.2, 0.25) is 5.78 Å². The van der Waals surface area contributed by atoms with Gasteiger partial charge in [-0.15, -0.1) is 13.2 Å². The van der Waals surface area contributed by atoms with Crippen LogP contribution in [0.25, 0.3) is 0 Å². The van der Waals surface area contributed by atoms with Crippen LogP contribution >= 0.6 is 0 Å². The van der Waals surface area contributed by atoms with E-state index >= 15 is 0 Å². The average molecular weight is 240 g/mol. The molecule has 94 valence electrons. The van der Waals surface area contributed by atoms with Crippen LogP contribution in [0.2, 0.25) is 0 Å². The molecule has 0 saturated heterocycles. The Labute approximate surface area is 111 Å². The van der Waals surface area contributed by atoms with Crippen LogP contribution in [0.4, 0.5) is 0 Å². The molecule has 0 N–H and O–H groups in total. The fourth-order valence-corrected chi connectivity index (χ4v) is 1.19. The van der Waals surface area contributed by atoms with E-state index in [9.17, 15) is 4.79 Å². The first-order valence-corrected chi connectivity index (χ1v) is 6.19. The first-order chi connectivity index (χ1) is 8.81. The Hall–Kier alpha value is -1.99. The largest absolute Gasteiger partial charge is 0.285 e. The second kappa shape index (κ2) is 13.1. The van der Waals surface area contributed by atoms with Crippen molar-refractivity contribution in [3.8, 4) is 23.7 Å². The van der Waals surface area contributed by atoms with E-state index in [-0.39, 0.29) is 5.78 Å². The van der Waals surface area contributed by atoms with Crippen LogP contribution in [0.3, 0.4) is 0 Å². The van der Waals surface area contributed by atoms with Crippen LogP contribution in [0.1, 0.15) is 38.5 Å². The lowest BCUT2D eigenvalue weighted by Gasteiger charge is -1.90. The zero-order chi connectivity index (χ0) is 13.5. The van der Waals surface area contributed by atoms with Gasteiger partial charge in [-0.25, -0.2) is 0 Å². The molecule has 0 heterocycles. The fraction of sp³-hybridized carbons (Fsp3) is 0.353. The van der Waals surface area contributed by atoms with E-state index in [0.29, 0.717) is 12.8 Å². The normalized spacial score (nSPS) is 8.89. The number of Topliss-reactive ketones (excluding diaryl/α,β-unsaturated/α-hetero) is 1. The molecule has 0 saturated carbocycles. The second-order valence-corrected chi connectivity index (χ2v) is 3.72. The molecule has 1 nitrogen and oxygen atoms in total. The number of carbonyl (C=O) groups excluding carboxylic acids is 1. The third-order valence-corrected chi connectivity index (χ3v) is 2.10. The summed E-state index contributed by atoms with van der Waals surface area (Å²) in [5.41, 5.74) is 0. The SMILES string of the molecule is C=CCCCCC=CCC#CC#CC(=O)CC=C. The maximum Gasteiger partial charge on any atom is 0.210 e. The van der Waals surface area contributed by atoms with Crippen molar-refractivity contribution >= 4 is 5.78 Å². The average Bonchev–Trinajstić information content (AvgIpc) is 2.36. The van der Waals surface area contributed by atoms with Crippen molar-refractivity contribution in [3.05, 3.63) is 37.5 Å². The molecule has 0 spiro atoms. The lowest BCUT2D eigenvalue weighted by molar-refractivity contribution is -0.113. The zero-order valence-electron chi connectivity index (χ0n) is 10.9. The molecular formula is C17H20O. The lowest BCUT2D eigenvalue weighted by Crippen LogP contribution is -1.87. The molecule has 0 aliphatic heterocycles. The third-order valence-electron chi connectivity index (χ3n) is 2.10. The molecule has 0 amide bonds.